The summed E-state index contributed by atoms with van der Waals surface area (Å²) >= 11 is 0. The van der Waals surface area contributed by atoms with Crippen molar-refractivity contribution < 1.29 is 19.8 Å². The number of likely N-dealkylation sites (tertiary alicyclic amines) is 1. The molecule has 0 aliphatic carbocycles. The predicted octanol–water partition coefficient (Wildman–Crippen LogP) is 1.70. The summed E-state index contributed by atoms with van der Waals surface area (Å²) in [7, 11) is 0. The predicted molar refractivity (Wildman–Crippen MR) is 77.4 cm³/mol. The van der Waals surface area contributed by atoms with Gasteiger partial charge in [0.1, 0.15) is 5.84 Å². The van der Waals surface area contributed by atoms with Gasteiger partial charge in [0.25, 0.3) is 0 Å². The number of hydrogen-bond donors (Lipinski definition) is 3. The van der Waals surface area contributed by atoms with E-state index in [1.54, 1.807) is 0 Å². The van der Waals surface area contributed by atoms with E-state index < -0.39 is 6.09 Å². The van der Waals surface area contributed by atoms with E-state index >= 15 is 0 Å². The Morgan fingerprint density at radius 3 is 2.38 bits per heavy atom. The molecule has 21 heavy (non-hydrogen) atoms. The maximum atomic E-state index is 11.0. The van der Waals surface area contributed by atoms with Crippen molar-refractivity contribution in [3.8, 4) is 0 Å². The van der Waals surface area contributed by atoms with Gasteiger partial charge in [-0.2, -0.15) is 0 Å². The van der Waals surface area contributed by atoms with Crippen LogP contribution < -0.4 is 5.73 Å². The number of amides is 1. The summed E-state index contributed by atoms with van der Waals surface area (Å²) < 4.78 is 6.33. The van der Waals surface area contributed by atoms with Gasteiger partial charge in [-0.05, 0) is 24.7 Å². The van der Waals surface area contributed by atoms with Crippen LogP contribution in [-0.2, 0) is 4.74 Å². The summed E-state index contributed by atoms with van der Waals surface area (Å²) in [6.45, 7) is 7.15. The van der Waals surface area contributed by atoms with Crippen LogP contribution in [0.15, 0.2) is 5.16 Å². The Bertz CT molecular complexity index is 436. The molecule has 7 heteroatoms. The normalized spacial score (nSPS) is 29.9. The summed E-state index contributed by atoms with van der Waals surface area (Å²) in [5.41, 5.74) is 5.36. The zero-order chi connectivity index (χ0) is 15.8. The number of oxime groups is 1. The van der Waals surface area contributed by atoms with E-state index in [2.05, 4.69) is 25.9 Å². The minimum absolute atomic E-state index is 0.132. The molecule has 120 valence electrons. The third-order valence-electron chi connectivity index (χ3n) is 4.63. The Kier molecular flexibility index (Phi) is 4.06. The summed E-state index contributed by atoms with van der Waals surface area (Å²) in [4.78, 5) is 12.4. The lowest BCUT2D eigenvalue weighted by Crippen LogP contribution is -2.46. The monoisotopic (exact) mass is 299 g/mol. The SMILES string of the molecule is CC(C)(C)C1OC2(CCN(C(=O)O)CC2)CC1C(N)=NO. The number of piperidine rings is 1. The van der Waals surface area contributed by atoms with Gasteiger partial charge in [0.2, 0.25) is 0 Å². The van der Waals surface area contributed by atoms with Gasteiger partial charge in [-0.15, -0.1) is 0 Å². The Labute approximate surface area is 124 Å². The van der Waals surface area contributed by atoms with E-state index in [-0.39, 0.29) is 28.9 Å². The molecule has 0 bridgehead atoms. The van der Waals surface area contributed by atoms with Crippen LogP contribution in [0.2, 0.25) is 0 Å². The molecule has 2 unspecified atom stereocenters. The van der Waals surface area contributed by atoms with Gasteiger partial charge in [0.15, 0.2) is 0 Å². The van der Waals surface area contributed by atoms with Crippen LogP contribution in [0, 0.1) is 11.3 Å². The molecule has 0 saturated carbocycles. The molecule has 0 aromatic carbocycles. The van der Waals surface area contributed by atoms with Crippen molar-refractivity contribution in [1.29, 1.82) is 0 Å². The Morgan fingerprint density at radius 1 is 1.38 bits per heavy atom. The van der Waals surface area contributed by atoms with Crippen LogP contribution in [0.3, 0.4) is 0 Å². The lowest BCUT2D eigenvalue weighted by Gasteiger charge is -2.39. The van der Waals surface area contributed by atoms with Crippen LogP contribution in [0.4, 0.5) is 4.79 Å². The van der Waals surface area contributed by atoms with Crippen molar-refractivity contribution in [2.75, 3.05) is 13.1 Å². The number of carboxylic acid groups (broad SMARTS) is 1. The number of nitrogens with zero attached hydrogens (tertiary/aromatic N) is 2. The molecule has 0 aromatic rings. The van der Waals surface area contributed by atoms with Gasteiger partial charge < -0.3 is 25.7 Å². The average Bonchev–Trinajstić information content (AvgIpc) is 2.78. The highest BCUT2D eigenvalue weighted by molar-refractivity contribution is 5.83. The Hall–Kier alpha value is -1.50. The van der Waals surface area contributed by atoms with E-state index in [0.717, 1.165) is 0 Å². The fourth-order valence-corrected chi connectivity index (χ4v) is 3.45. The second-order valence-corrected chi connectivity index (χ2v) is 7.19. The third-order valence-corrected chi connectivity index (χ3v) is 4.63. The average molecular weight is 299 g/mol. The molecule has 0 aromatic heterocycles. The highest BCUT2D eigenvalue weighted by Crippen LogP contribution is 2.47. The van der Waals surface area contributed by atoms with E-state index in [4.69, 9.17) is 20.8 Å². The van der Waals surface area contributed by atoms with E-state index in [0.29, 0.717) is 32.4 Å². The fraction of sp³-hybridized carbons (Fsp3) is 0.857. The van der Waals surface area contributed by atoms with E-state index in [1.165, 1.54) is 4.90 Å². The molecule has 2 aliphatic heterocycles. The third kappa shape index (κ3) is 3.07. The van der Waals surface area contributed by atoms with E-state index in [9.17, 15) is 4.79 Å². The van der Waals surface area contributed by atoms with Gasteiger partial charge >= 0.3 is 6.09 Å². The molecule has 7 nitrogen and oxygen atoms in total. The quantitative estimate of drug-likeness (QED) is 0.295. The molecular weight excluding hydrogens is 274 g/mol. The van der Waals surface area contributed by atoms with Gasteiger partial charge in [0.05, 0.1) is 11.7 Å². The number of amidine groups is 1. The van der Waals surface area contributed by atoms with Gasteiger partial charge in [-0.25, -0.2) is 4.79 Å². The zero-order valence-corrected chi connectivity index (χ0v) is 12.9. The van der Waals surface area contributed by atoms with Crippen LogP contribution in [0.1, 0.15) is 40.0 Å². The minimum atomic E-state index is -0.886. The topological polar surface area (TPSA) is 108 Å². The number of carbonyl (C=O) groups is 1. The maximum Gasteiger partial charge on any atom is 0.407 e. The molecule has 2 atom stereocenters. The number of hydrogen-bond acceptors (Lipinski definition) is 4. The highest BCUT2D eigenvalue weighted by Gasteiger charge is 2.52. The highest BCUT2D eigenvalue weighted by atomic mass is 16.5. The number of rotatable bonds is 1. The molecule has 2 aliphatic rings. The largest absolute Gasteiger partial charge is 0.465 e. The molecule has 2 fully saturated rings. The molecule has 4 N–H and O–H groups in total. The van der Waals surface area contributed by atoms with Gasteiger partial charge in [-0.3, -0.25) is 0 Å². The second-order valence-electron chi connectivity index (χ2n) is 7.19. The van der Waals surface area contributed by atoms with Gasteiger partial charge in [0, 0.05) is 19.0 Å². The van der Waals surface area contributed by atoms with Crippen LogP contribution in [0.5, 0.6) is 0 Å². The molecule has 1 amide bonds. The molecule has 0 radical (unpaired) electrons. The first kappa shape index (κ1) is 15.9. The lowest BCUT2D eigenvalue weighted by molar-refractivity contribution is -0.106. The van der Waals surface area contributed by atoms with Gasteiger partial charge in [-0.1, -0.05) is 25.9 Å². The maximum absolute atomic E-state index is 11.0. The molecule has 2 heterocycles. The summed E-state index contributed by atoms with van der Waals surface area (Å²) in [6.07, 6.45) is 0.966. The van der Waals surface area contributed by atoms with E-state index in [1.807, 2.05) is 0 Å². The summed E-state index contributed by atoms with van der Waals surface area (Å²) in [6, 6.07) is 0. The first-order valence-electron chi connectivity index (χ1n) is 7.32. The molecule has 1 spiro atoms. The fourth-order valence-electron chi connectivity index (χ4n) is 3.45. The molecule has 2 saturated heterocycles. The van der Waals surface area contributed by atoms with Crippen LogP contribution >= 0.6 is 0 Å². The van der Waals surface area contributed by atoms with Crippen molar-refractivity contribution in [2.45, 2.75) is 51.7 Å². The van der Waals surface area contributed by atoms with Crippen molar-refractivity contribution in [3.05, 3.63) is 0 Å². The second kappa shape index (κ2) is 5.36. The molecule has 2 rings (SSSR count). The first-order chi connectivity index (χ1) is 9.68. The van der Waals surface area contributed by atoms with Crippen LogP contribution in [-0.4, -0.2) is 51.9 Å². The number of ether oxygens (including phenoxy) is 1. The van der Waals surface area contributed by atoms with Crippen LogP contribution in [0.25, 0.3) is 0 Å². The number of nitrogens with two attached hydrogens (primary N) is 1. The Balaban J connectivity index is 2.16. The van der Waals surface area contributed by atoms with Crippen molar-refractivity contribution in [1.82, 2.24) is 4.90 Å². The Morgan fingerprint density at radius 2 is 1.95 bits per heavy atom. The smallest absolute Gasteiger partial charge is 0.407 e. The summed E-state index contributed by atoms with van der Waals surface area (Å²) in [5, 5.41) is 21.2. The standard InChI is InChI=1S/C14H25N3O4/c1-13(2,3)10-9(11(15)16-20)8-14(21-10)4-6-17(7-5-14)12(18)19/h9-10,20H,4-8H2,1-3H3,(H2,15,16)(H,18,19). The summed E-state index contributed by atoms with van der Waals surface area (Å²) in [5.74, 6) is 0.0684. The molecular formula is C14H25N3O4. The zero-order valence-electron chi connectivity index (χ0n) is 12.9. The van der Waals surface area contributed by atoms with Crippen molar-refractivity contribution in [3.63, 3.8) is 0 Å². The minimum Gasteiger partial charge on any atom is -0.465 e. The van der Waals surface area contributed by atoms with Crippen molar-refractivity contribution in [2.24, 2.45) is 22.2 Å². The lowest BCUT2D eigenvalue weighted by atomic mass is 9.78. The first-order valence-corrected chi connectivity index (χ1v) is 7.32. The van der Waals surface area contributed by atoms with Crippen molar-refractivity contribution >= 4 is 11.9 Å².